The first-order valence-corrected chi connectivity index (χ1v) is 9.38. The summed E-state index contributed by atoms with van der Waals surface area (Å²) in [6.45, 7) is 3.01. The van der Waals surface area contributed by atoms with Crippen LogP contribution in [0.5, 0.6) is 5.75 Å². The molecule has 6 heteroatoms. The molecule has 4 rings (SSSR count). The van der Waals surface area contributed by atoms with Crippen molar-refractivity contribution in [1.82, 2.24) is 15.1 Å². The third-order valence-corrected chi connectivity index (χ3v) is 5.43. The van der Waals surface area contributed by atoms with Crippen molar-refractivity contribution in [3.8, 4) is 16.5 Å². The van der Waals surface area contributed by atoms with E-state index in [4.69, 9.17) is 9.15 Å². The van der Waals surface area contributed by atoms with Gasteiger partial charge in [-0.1, -0.05) is 18.2 Å². The maximum absolute atomic E-state index is 5.95. The molecule has 0 saturated heterocycles. The minimum Gasteiger partial charge on any atom is -0.497 e. The molecule has 2 aromatic heterocycles. The summed E-state index contributed by atoms with van der Waals surface area (Å²) in [7, 11) is 1.69. The number of hydrogen-bond acceptors (Lipinski definition) is 6. The fourth-order valence-corrected chi connectivity index (χ4v) is 3.62. The monoisotopic (exact) mass is 355 g/mol. The predicted molar refractivity (Wildman–Crippen MR) is 97.6 cm³/mol. The fraction of sp³-hybridized carbons (Fsp3) is 0.368. The zero-order valence-corrected chi connectivity index (χ0v) is 15.2. The third-order valence-electron chi connectivity index (χ3n) is 4.57. The summed E-state index contributed by atoms with van der Waals surface area (Å²) in [6, 6.07) is 12.9. The van der Waals surface area contributed by atoms with Crippen molar-refractivity contribution in [2.24, 2.45) is 0 Å². The van der Waals surface area contributed by atoms with Crippen molar-refractivity contribution in [2.45, 2.75) is 38.4 Å². The maximum Gasteiger partial charge on any atom is 0.257 e. The largest absolute Gasteiger partial charge is 0.497 e. The van der Waals surface area contributed by atoms with Crippen LogP contribution in [0.2, 0.25) is 0 Å². The van der Waals surface area contributed by atoms with Gasteiger partial charge in [-0.3, -0.25) is 4.90 Å². The van der Waals surface area contributed by atoms with Gasteiger partial charge in [-0.2, -0.15) is 0 Å². The van der Waals surface area contributed by atoms with Crippen LogP contribution in [0.15, 0.2) is 46.2 Å². The van der Waals surface area contributed by atoms with E-state index in [0.717, 1.165) is 17.2 Å². The Kier molecular flexibility index (Phi) is 4.55. The van der Waals surface area contributed by atoms with Crippen LogP contribution in [0.3, 0.4) is 0 Å². The van der Waals surface area contributed by atoms with Gasteiger partial charge < -0.3 is 9.15 Å². The number of thiophene rings is 1. The second kappa shape index (κ2) is 6.98. The van der Waals surface area contributed by atoms with Crippen LogP contribution in [0.1, 0.15) is 37.3 Å². The fourth-order valence-electron chi connectivity index (χ4n) is 2.98. The standard InChI is InChI=1S/C19H21N3O2S/c1-13(18-20-21-19(24-18)17-4-3-11-25-17)22(15-7-8-15)12-14-5-9-16(23-2)10-6-14/h3-6,9-11,13,15H,7-8,12H2,1-2H3/t13-/m1/s1. The number of hydrogen-bond donors (Lipinski definition) is 0. The molecule has 0 N–H and O–H groups in total. The van der Waals surface area contributed by atoms with Gasteiger partial charge in [0.25, 0.3) is 5.89 Å². The smallest absolute Gasteiger partial charge is 0.257 e. The second-order valence-electron chi connectivity index (χ2n) is 6.35. The van der Waals surface area contributed by atoms with Crippen molar-refractivity contribution in [2.75, 3.05) is 7.11 Å². The van der Waals surface area contributed by atoms with Crippen LogP contribution in [0, 0.1) is 0 Å². The first-order chi connectivity index (χ1) is 12.2. The summed E-state index contributed by atoms with van der Waals surface area (Å²) < 4.78 is 11.2. The zero-order valence-electron chi connectivity index (χ0n) is 14.4. The Labute approximate surface area is 151 Å². The highest BCUT2D eigenvalue weighted by atomic mass is 32.1. The van der Waals surface area contributed by atoms with E-state index >= 15 is 0 Å². The molecular weight excluding hydrogens is 334 g/mol. The number of rotatable bonds is 7. The first-order valence-electron chi connectivity index (χ1n) is 8.50. The molecule has 1 fully saturated rings. The van der Waals surface area contributed by atoms with Crippen LogP contribution < -0.4 is 4.74 Å². The van der Waals surface area contributed by atoms with Gasteiger partial charge in [0.05, 0.1) is 18.0 Å². The second-order valence-corrected chi connectivity index (χ2v) is 7.30. The molecule has 1 aliphatic rings. The van der Waals surface area contributed by atoms with E-state index in [0.29, 0.717) is 17.8 Å². The summed E-state index contributed by atoms with van der Waals surface area (Å²) >= 11 is 1.61. The third kappa shape index (κ3) is 3.60. The van der Waals surface area contributed by atoms with Gasteiger partial charge in [0.15, 0.2) is 0 Å². The summed E-state index contributed by atoms with van der Waals surface area (Å²) in [6.07, 6.45) is 2.46. The first kappa shape index (κ1) is 16.3. The Bertz CT molecular complexity index is 810. The molecule has 0 bridgehead atoms. The Hall–Kier alpha value is -2.18. The molecule has 2 heterocycles. The summed E-state index contributed by atoms with van der Waals surface area (Å²) in [4.78, 5) is 3.46. The quantitative estimate of drug-likeness (QED) is 0.623. The van der Waals surface area contributed by atoms with E-state index in [1.165, 1.54) is 18.4 Å². The van der Waals surface area contributed by atoms with Crippen LogP contribution >= 0.6 is 11.3 Å². The van der Waals surface area contributed by atoms with Crippen molar-refractivity contribution >= 4 is 11.3 Å². The topological polar surface area (TPSA) is 51.4 Å². The van der Waals surface area contributed by atoms with Gasteiger partial charge >= 0.3 is 0 Å². The Balaban J connectivity index is 1.52. The van der Waals surface area contributed by atoms with E-state index in [9.17, 15) is 0 Å². The number of ether oxygens (including phenoxy) is 1. The van der Waals surface area contributed by atoms with Crippen molar-refractivity contribution in [3.05, 3.63) is 53.2 Å². The van der Waals surface area contributed by atoms with E-state index in [-0.39, 0.29) is 6.04 Å². The van der Waals surface area contributed by atoms with Gasteiger partial charge in [-0.15, -0.1) is 21.5 Å². The normalized spacial score (nSPS) is 15.5. The molecular formula is C19H21N3O2S. The number of aromatic nitrogens is 2. The zero-order chi connectivity index (χ0) is 17.2. The highest BCUT2D eigenvalue weighted by Crippen LogP contribution is 2.36. The molecule has 1 saturated carbocycles. The van der Waals surface area contributed by atoms with E-state index in [1.54, 1.807) is 18.4 Å². The summed E-state index contributed by atoms with van der Waals surface area (Å²) in [5.41, 5.74) is 1.26. The Morgan fingerprint density at radius 1 is 1.24 bits per heavy atom. The maximum atomic E-state index is 5.95. The van der Waals surface area contributed by atoms with Gasteiger partial charge in [0.2, 0.25) is 5.89 Å². The van der Waals surface area contributed by atoms with E-state index in [2.05, 4.69) is 34.2 Å². The molecule has 5 nitrogen and oxygen atoms in total. The highest BCUT2D eigenvalue weighted by molar-refractivity contribution is 7.13. The lowest BCUT2D eigenvalue weighted by molar-refractivity contribution is 0.165. The molecule has 1 atom stereocenters. The SMILES string of the molecule is COc1ccc(CN(C2CC2)[C@H](C)c2nnc(-c3cccs3)o2)cc1. The van der Waals surface area contributed by atoms with Crippen LogP contribution in [0.25, 0.3) is 10.8 Å². The number of nitrogens with zero attached hydrogens (tertiary/aromatic N) is 3. The van der Waals surface area contributed by atoms with Gasteiger partial charge in [0, 0.05) is 12.6 Å². The predicted octanol–water partition coefficient (Wildman–Crippen LogP) is 4.53. The molecule has 25 heavy (non-hydrogen) atoms. The van der Waals surface area contributed by atoms with Crippen LogP contribution in [-0.4, -0.2) is 28.2 Å². The summed E-state index contributed by atoms with van der Waals surface area (Å²) in [5.74, 6) is 2.17. The molecule has 0 amide bonds. The van der Waals surface area contributed by atoms with Gasteiger partial charge in [-0.25, -0.2) is 0 Å². The summed E-state index contributed by atoms with van der Waals surface area (Å²) in [5, 5.41) is 10.5. The number of benzene rings is 1. The van der Waals surface area contributed by atoms with Crippen LogP contribution in [0.4, 0.5) is 0 Å². The molecule has 0 aliphatic heterocycles. The van der Waals surface area contributed by atoms with E-state index < -0.39 is 0 Å². The van der Waals surface area contributed by atoms with Crippen molar-refractivity contribution in [1.29, 1.82) is 0 Å². The molecule has 3 aromatic rings. The minimum absolute atomic E-state index is 0.0933. The average Bonchev–Trinajstić information content (AvgIpc) is 3.13. The molecule has 0 unspecified atom stereocenters. The minimum atomic E-state index is 0.0933. The van der Waals surface area contributed by atoms with Gasteiger partial charge in [0.1, 0.15) is 5.75 Å². The lowest BCUT2D eigenvalue weighted by Crippen LogP contribution is -2.29. The van der Waals surface area contributed by atoms with Crippen molar-refractivity contribution in [3.63, 3.8) is 0 Å². The highest BCUT2D eigenvalue weighted by Gasteiger charge is 2.35. The number of methoxy groups -OCH3 is 1. The average molecular weight is 355 g/mol. The van der Waals surface area contributed by atoms with Crippen molar-refractivity contribution < 1.29 is 9.15 Å². The molecule has 130 valence electrons. The van der Waals surface area contributed by atoms with Gasteiger partial charge in [-0.05, 0) is 48.9 Å². The molecule has 1 aromatic carbocycles. The van der Waals surface area contributed by atoms with E-state index in [1.807, 2.05) is 29.6 Å². The molecule has 0 spiro atoms. The Morgan fingerprint density at radius 3 is 2.68 bits per heavy atom. The molecule has 0 radical (unpaired) electrons. The Morgan fingerprint density at radius 2 is 2.04 bits per heavy atom. The lowest BCUT2D eigenvalue weighted by atomic mass is 10.1. The van der Waals surface area contributed by atoms with Crippen LogP contribution in [-0.2, 0) is 6.54 Å². The molecule has 1 aliphatic carbocycles. The lowest BCUT2D eigenvalue weighted by Gasteiger charge is -2.26.